The number of pyridine rings is 1. The summed E-state index contributed by atoms with van der Waals surface area (Å²) in [6.45, 7) is 0. The number of carboxylic acid groups (broad SMARTS) is 1. The van der Waals surface area contributed by atoms with E-state index in [0.29, 0.717) is 0 Å². The minimum absolute atomic E-state index is 0.0355. The molecular weight excluding hydrogens is 229 g/mol. The number of benzene rings is 1. The number of halogens is 1. The average Bonchev–Trinajstić information content (AvgIpc) is 2.33. The molecule has 1 heterocycles. The lowest BCUT2D eigenvalue weighted by atomic mass is 10.1. The maximum atomic E-state index is 13.7. The molecule has 0 saturated carbocycles. The average molecular weight is 237 g/mol. The highest BCUT2D eigenvalue weighted by Gasteiger charge is 2.15. The fraction of sp³-hybridized carbons (Fsp3) is 0.0909. The fourth-order valence-corrected chi connectivity index (χ4v) is 1.47. The molecule has 1 aromatic heterocycles. The second-order valence-electron chi connectivity index (χ2n) is 3.31. The first kappa shape index (κ1) is 11.1. The number of ether oxygens (including phenoxy) is 1. The molecule has 17 heavy (non-hydrogen) atoms. The van der Waals surface area contributed by atoms with E-state index in [2.05, 4.69) is 4.98 Å². The van der Waals surface area contributed by atoms with Gasteiger partial charge in [0.25, 0.3) is 0 Å². The number of aromatic carboxylic acids is 1. The lowest BCUT2D eigenvalue weighted by Gasteiger charge is -2.07. The van der Waals surface area contributed by atoms with E-state index in [0.717, 1.165) is 0 Å². The van der Waals surface area contributed by atoms with Crippen LogP contribution in [0.1, 0.15) is 10.5 Å². The Morgan fingerprint density at radius 3 is 2.76 bits per heavy atom. The first-order chi connectivity index (χ1) is 8.04. The standard InChI is InChI=1S/C11H8FNO4/c1-17-8-4-7-5(9(12)10(8)14)2-3-6(13-7)11(15)16/h2-4,14H,1H3,(H,15,16). The monoisotopic (exact) mass is 237 g/mol. The summed E-state index contributed by atoms with van der Waals surface area (Å²) in [7, 11) is 1.27. The third-order valence-corrected chi connectivity index (χ3v) is 2.31. The number of fused-ring (bicyclic) bond motifs is 1. The van der Waals surface area contributed by atoms with Gasteiger partial charge in [-0.05, 0) is 12.1 Å². The third kappa shape index (κ3) is 1.73. The zero-order valence-corrected chi connectivity index (χ0v) is 8.77. The quantitative estimate of drug-likeness (QED) is 0.832. The van der Waals surface area contributed by atoms with Gasteiger partial charge in [-0.3, -0.25) is 0 Å². The van der Waals surface area contributed by atoms with Crippen molar-refractivity contribution in [1.29, 1.82) is 0 Å². The maximum Gasteiger partial charge on any atom is 0.354 e. The number of aromatic nitrogens is 1. The maximum absolute atomic E-state index is 13.7. The fourth-order valence-electron chi connectivity index (χ4n) is 1.47. The van der Waals surface area contributed by atoms with E-state index in [4.69, 9.17) is 9.84 Å². The minimum Gasteiger partial charge on any atom is -0.502 e. The van der Waals surface area contributed by atoms with E-state index in [-0.39, 0.29) is 22.3 Å². The summed E-state index contributed by atoms with van der Waals surface area (Å²) in [5.74, 6) is -2.81. The SMILES string of the molecule is COc1cc2nc(C(=O)O)ccc2c(F)c1O. The number of carboxylic acids is 1. The van der Waals surface area contributed by atoms with Crippen molar-refractivity contribution in [2.45, 2.75) is 0 Å². The number of phenolic OH excluding ortho intramolecular Hbond substituents is 1. The molecule has 2 rings (SSSR count). The first-order valence-electron chi connectivity index (χ1n) is 4.64. The predicted molar refractivity (Wildman–Crippen MR) is 56.9 cm³/mol. The van der Waals surface area contributed by atoms with Gasteiger partial charge in [0.2, 0.25) is 0 Å². The Kier molecular flexibility index (Phi) is 2.55. The van der Waals surface area contributed by atoms with Crippen molar-refractivity contribution in [3.05, 3.63) is 29.7 Å². The number of aromatic hydroxyl groups is 1. The van der Waals surface area contributed by atoms with Crippen molar-refractivity contribution >= 4 is 16.9 Å². The van der Waals surface area contributed by atoms with Crippen LogP contribution in [0, 0.1) is 5.82 Å². The van der Waals surface area contributed by atoms with Gasteiger partial charge in [-0.15, -0.1) is 0 Å². The highest BCUT2D eigenvalue weighted by atomic mass is 19.1. The summed E-state index contributed by atoms with van der Waals surface area (Å²) < 4.78 is 18.4. The molecule has 0 radical (unpaired) electrons. The highest BCUT2D eigenvalue weighted by molar-refractivity contribution is 5.91. The van der Waals surface area contributed by atoms with Gasteiger partial charge in [-0.1, -0.05) is 0 Å². The summed E-state index contributed by atoms with van der Waals surface area (Å²) in [4.78, 5) is 14.5. The zero-order chi connectivity index (χ0) is 12.6. The Hall–Kier alpha value is -2.37. The van der Waals surface area contributed by atoms with Crippen molar-refractivity contribution in [2.24, 2.45) is 0 Å². The predicted octanol–water partition coefficient (Wildman–Crippen LogP) is 1.79. The van der Waals surface area contributed by atoms with E-state index in [1.807, 2.05) is 0 Å². The third-order valence-electron chi connectivity index (χ3n) is 2.31. The molecule has 1 aromatic carbocycles. The zero-order valence-electron chi connectivity index (χ0n) is 8.77. The number of phenols is 1. The number of rotatable bonds is 2. The number of carbonyl (C=O) groups is 1. The molecule has 0 fully saturated rings. The molecule has 2 N–H and O–H groups in total. The van der Waals surface area contributed by atoms with Crippen molar-refractivity contribution in [1.82, 2.24) is 4.98 Å². The lowest BCUT2D eigenvalue weighted by molar-refractivity contribution is 0.0691. The molecule has 0 aliphatic rings. The Morgan fingerprint density at radius 1 is 1.47 bits per heavy atom. The van der Waals surface area contributed by atoms with Crippen LogP contribution in [0.3, 0.4) is 0 Å². The number of nitrogens with zero attached hydrogens (tertiary/aromatic N) is 1. The van der Waals surface area contributed by atoms with E-state index >= 15 is 0 Å². The summed E-state index contributed by atoms with van der Waals surface area (Å²) in [6.07, 6.45) is 0. The van der Waals surface area contributed by atoms with Crippen LogP contribution in [0.5, 0.6) is 11.5 Å². The normalized spacial score (nSPS) is 10.5. The molecule has 0 spiro atoms. The van der Waals surface area contributed by atoms with Crippen LogP contribution in [-0.2, 0) is 0 Å². The van der Waals surface area contributed by atoms with Gasteiger partial charge in [0.05, 0.1) is 12.6 Å². The Morgan fingerprint density at radius 2 is 2.18 bits per heavy atom. The topological polar surface area (TPSA) is 79.7 Å². The second-order valence-corrected chi connectivity index (χ2v) is 3.31. The molecule has 0 aliphatic heterocycles. The number of hydrogen-bond donors (Lipinski definition) is 2. The first-order valence-corrected chi connectivity index (χ1v) is 4.64. The summed E-state index contributed by atoms with van der Waals surface area (Å²) in [5, 5.41) is 18.2. The molecule has 88 valence electrons. The number of hydrogen-bond acceptors (Lipinski definition) is 4. The second kappa shape index (κ2) is 3.89. The number of methoxy groups -OCH3 is 1. The smallest absolute Gasteiger partial charge is 0.354 e. The van der Waals surface area contributed by atoms with Crippen molar-refractivity contribution in [3.63, 3.8) is 0 Å². The molecule has 0 bridgehead atoms. The van der Waals surface area contributed by atoms with Gasteiger partial charge in [0.15, 0.2) is 17.3 Å². The van der Waals surface area contributed by atoms with Crippen LogP contribution < -0.4 is 4.74 Å². The van der Waals surface area contributed by atoms with Crippen LogP contribution in [0.25, 0.3) is 10.9 Å². The summed E-state index contributed by atoms with van der Waals surface area (Å²) in [5.41, 5.74) is -0.0957. The van der Waals surface area contributed by atoms with Crippen LogP contribution in [0.2, 0.25) is 0 Å². The molecule has 0 atom stereocenters. The minimum atomic E-state index is -1.21. The molecule has 0 aliphatic carbocycles. The van der Waals surface area contributed by atoms with E-state index in [1.54, 1.807) is 0 Å². The van der Waals surface area contributed by atoms with Crippen molar-refractivity contribution in [3.8, 4) is 11.5 Å². The largest absolute Gasteiger partial charge is 0.502 e. The van der Waals surface area contributed by atoms with Crippen molar-refractivity contribution < 1.29 is 24.1 Å². The lowest BCUT2D eigenvalue weighted by Crippen LogP contribution is -2.00. The summed E-state index contributed by atoms with van der Waals surface area (Å²) >= 11 is 0. The Balaban J connectivity index is 2.78. The van der Waals surface area contributed by atoms with Gasteiger partial charge < -0.3 is 14.9 Å². The molecule has 0 saturated heterocycles. The summed E-state index contributed by atoms with van der Waals surface area (Å²) in [6, 6.07) is 3.69. The van der Waals surface area contributed by atoms with Crippen LogP contribution in [-0.4, -0.2) is 28.3 Å². The molecule has 6 heteroatoms. The van der Waals surface area contributed by atoms with Crippen LogP contribution in [0.4, 0.5) is 4.39 Å². The van der Waals surface area contributed by atoms with Crippen molar-refractivity contribution in [2.75, 3.05) is 7.11 Å². The highest BCUT2D eigenvalue weighted by Crippen LogP contribution is 2.34. The molecule has 0 amide bonds. The van der Waals surface area contributed by atoms with E-state index in [1.165, 1.54) is 25.3 Å². The van der Waals surface area contributed by atoms with E-state index < -0.39 is 17.5 Å². The molecular formula is C11H8FNO4. The van der Waals surface area contributed by atoms with Gasteiger partial charge in [-0.25, -0.2) is 14.2 Å². The van der Waals surface area contributed by atoms with Gasteiger partial charge in [0.1, 0.15) is 5.69 Å². The molecule has 0 unspecified atom stereocenters. The Bertz CT molecular complexity index is 612. The van der Waals surface area contributed by atoms with Gasteiger partial charge in [-0.2, -0.15) is 0 Å². The Labute approximate surface area is 95.1 Å². The van der Waals surface area contributed by atoms with Crippen LogP contribution in [0.15, 0.2) is 18.2 Å². The molecule has 5 nitrogen and oxygen atoms in total. The van der Waals surface area contributed by atoms with Gasteiger partial charge in [0, 0.05) is 11.5 Å². The van der Waals surface area contributed by atoms with Gasteiger partial charge >= 0.3 is 5.97 Å². The van der Waals surface area contributed by atoms with E-state index in [9.17, 15) is 14.3 Å². The molecule has 2 aromatic rings. The van der Waals surface area contributed by atoms with Crippen LogP contribution >= 0.6 is 0 Å².